The standard InChI is InChI=1S/C13H18BrFO3S/c1-13(2,3)19(16,17)7-6-18-12-5-4-10(9-14)8-11(12)15/h4-5,8H,6-7,9H2,1-3H3. The van der Waals surface area contributed by atoms with Crippen LogP contribution in [0.3, 0.4) is 0 Å². The topological polar surface area (TPSA) is 43.4 Å². The minimum absolute atomic E-state index is 0.0514. The fourth-order valence-electron chi connectivity index (χ4n) is 1.31. The molecule has 0 spiro atoms. The average molecular weight is 353 g/mol. The molecule has 0 aromatic heterocycles. The Morgan fingerprint density at radius 1 is 1.32 bits per heavy atom. The van der Waals surface area contributed by atoms with Crippen LogP contribution in [0.4, 0.5) is 4.39 Å². The van der Waals surface area contributed by atoms with E-state index in [-0.39, 0.29) is 18.1 Å². The zero-order valence-corrected chi connectivity index (χ0v) is 13.6. The Morgan fingerprint density at radius 2 is 1.95 bits per heavy atom. The van der Waals surface area contributed by atoms with Gasteiger partial charge in [-0.05, 0) is 38.5 Å². The molecular formula is C13H18BrFO3S. The lowest BCUT2D eigenvalue weighted by Crippen LogP contribution is -2.32. The molecule has 108 valence electrons. The van der Waals surface area contributed by atoms with Crippen LogP contribution in [-0.4, -0.2) is 25.5 Å². The van der Waals surface area contributed by atoms with Crippen LogP contribution >= 0.6 is 15.9 Å². The van der Waals surface area contributed by atoms with Crippen molar-refractivity contribution in [3.63, 3.8) is 0 Å². The lowest BCUT2D eigenvalue weighted by atomic mass is 10.2. The molecule has 0 saturated heterocycles. The fraction of sp³-hybridized carbons (Fsp3) is 0.538. The zero-order chi connectivity index (χ0) is 14.7. The van der Waals surface area contributed by atoms with Crippen LogP contribution in [0.25, 0.3) is 0 Å². The summed E-state index contributed by atoms with van der Waals surface area (Å²) in [6.07, 6.45) is 0. The lowest BCUT2D eigenvalue weighted by Gasteiger charge is -2.19. The number of halogens is 2. The number of benzene rings is 1. The van der Waals surface area contributed by atoms with Gasteiger partial charge in [-0.25, -0.2) is 12.8 Å². The van der Waals surface area contributed by atoms with Crippen molar-refractivity contribution in [2.45, 2.75) is 30.8 Å². The van der Waals surface area contributed by atoms with Crippen molar-refractivity contribution in [3.8, 4) is 5.75 Å². The van der Waals surface area contributed by atoms with E-state index in [0.29, 0.717) is 5.33 Å². The van der Waals surface area contributed by atoms with Gasteiger partial charge >= 0.3 is 0 Å². The van der Waals surface area contributed by atoms with Crippen LogP contribution in [0.15, 0.2) is 18.2 Å². The van der Waals surface area contributed by atoms with Crippen molar-refractivity contribution >= 4 is 25.8 Å². The highest BCUT2D eigenvalue weighted by molar-refractivity contribution is 9.08. The first-order chi connectivity index (χ1) is 8.67. The van der Waals surface area contributed by atoms with Gasteiger partial charge in [0.2, 0.25) is 0 Å². The van der Waals surface area contributed by atoms with E-state index in [1.165, 1.54) is 12.1 Å². The molecule has 0 aliphatic rings. The summed E-state index contributed by atoms with van der Waals surface area (Å²) in [5, 5.41) is 0.558. The summed E-state index contributed by atoms with van der Waals surface area (Å²) in [5.41, 5.74) is 0.798. The minimum atomic E-state index is -3.25. The maximum atomic E-state index is 13.6. The number of ether oxygens (including phenoxy) is 1. The monoisotopic (exact) mass is 352 g/mol. The van der Waals surface area contributed by atoms with Crippen molar-refractivity contribution in [2.24, 2.45) is 0 Å². The first-order valence-corrected chi connectivity index (χ1v) is 8.64. The zero-order valence-electron chi connectivity index (χ0n) is 11.2. The highest BCUT2D eigenvalue weighted by Gasteiger charge is 2.28. The van der Waals surface area contributed by atoms with E-state index in [2.05, 4.69) is 15.9 Å². The van der Waals surface area contributed by atoms with E-state index in [1.54, 1.807) is 26.8 Å². The molecule has 1 aromatic rings. The molecule has 0 heterocycles. The highest BCUT2D eigenvalue weighted by Crippen LogP contribution is 2.21. The molecule has 0 amide bonds. The van der Waals surface area contributed by atoms with E-state index in [9.17, 15) is 12.8 Å². The van der Waals surface area contributed by atoms with Gasteiger partial charge in [0.1, 0.15) is 6.61 Å². The fourth-order valence-corrected chi connectivity index (χ4v) is 2.58. The SMILES string of the molecule is CC(C)(C)S(=O)(=O)CCOc1ccc(CBr)cc1F. The summed E-state index contributed by atoms with van der Waals surface area (Å²) in [6, 6.07) is 4.60. The van der Waals surface area contributed by atoms with Gasteiger partial charge < -0.3 is 4.74 Å². The third-order valence-corrected chi connectivity index (χ3v) is 5.91. The molecule has 3 nitrogen and oxygen atoms in total. The maximum absolute atomic E-state index is 13.6. The first-order valence-electron chi connectivity index (χ1n) is 5.87. The molecule has 0 bridgehead atoms. The largest absolute Gasteiger partial charge is 0.489 e. The van der Waals surface area contributed by atoms with Gasteiger partial charge in [-0.1, -0.05) is 22.0 Å². The first kappa shape index (κ1) is 16.4. The van der Waals surface area contributed by atoms with Crippen molar-refractivity contribution in [3.05, 3.63) is 29.6 Å². The molecule has 19 heavy (non-hydrogen) atoms. The molecule has 0 aliphatic heterocycles. The number of hydrogen-bond acceptors (Lipinski definition) is 3. The highest BCUT2D eigenvalue weighted by atomic mass is 79.9. The number of rotatable bonds is 5. The second-order valence-electron chi connectivity index (χ2n) is 5.18. The van der Waals surface area contributed by atoms with Crippen LogP contribution in [0.5, 0.6) is 5.75 Å². The van der Waals surface area contributed by atoms with Crippen LogP contribution in [-0.2, 0) is 15.2 Å². The minimum Gasteiger partial charge on any atom is -0.489 e. The second kappa shape index (κ2) is 6.22. The molecule has 0 radical (unpaired) electrons. The predicted molar refractivity (Wildman–Crippen MR) is 78.1 cm³/mol. The summed E-state index contributed by atoms with van der Waals surface area (Å²) >= 11 is 3.23. The Balaban J connectivity index is 2.64. The Hall–Kier alpha value is -0.620. The van der Waals surface area contributed by atoms with Gasteiger partial charge in [0.25, 0.3) is 0 Å². The Bertz CT molecular complexity index is 535. The van der Waals surface area contributed by atoms with Crippen LogP contribution < -0.4 is 4.74 Å². The van der Waals surface area contributed by atoms with E-state index in [0.717, 1.165) is 5.56 Å². The predicted octanol–water partition coefficient (Wildman–Crippen LogP) is 3.31. The summed E-state index contributed by atoms with van der Waals surface area (Å²) in [6.45, 7) is 4.85. The number of hydrogen-bond donors (Lipinski definition) is 0. The normalized spacial score (nSPS) is 12.5. The molecule has 0 atom stereocenters. The van der Waals surface area contributed by atoms with Gasteiger partial charge in [0.15, 0.2) is 21.4 Å². The lowest BCUT2D eigenvalue weighted by molar-refractivity contribution is 0.321. The van der Waals surface area contributed by atoms with Crippen LogP contribution in [0, 0.1) is 5.82 Å². The number of alkyl halides is 1. The van der Waals surface area contributed by atoms with Crippen molar-refractivity contribution < 1.29 is 17.5 Å². The molecule has 0 aliphatic carbocycles. The third kappa shape index (κ3) is 4.45. The van der Waals surface area contributed by atoms with Gasteiger partial charge in [0.05, 0.1) is 10.5 Å². The molecule has 0 saturated carbocycles. The van der Waals surface area contributed by atoms with E-state index < -0.39 is 20.4 Å². The molecule has 1 rings (SSSR count). The summed E-state index contributed by atoms with van der Waals surface area (Å²) < 4.78 is 41.7. The average Bonchev–Trinajstić information content (AvgIpc) is 2.29. The van der Waals surface area contributed by atoms with Gasteiger partial charge in [-0.15, -0.1) is 0 Å². The molecule has 0 fully saturated rings. The smallest absolute Gasteiger partial charge is 0.165 e. The van der Waals surface area contributed by atoms with Crippen molar-refractivity contribution in [2.75, 3.05) is 12.4 Å². The molecule has 0 unspecified atom stereocenters. The second-order valence-corrected chi connectivity index (χ2v) is 8.60. The maximum Gasteiger partial charge on any atom is 0.165 e. The number of sulfone groups is 1. The molecule has 6 heteroatoms. The molecule has 1 aromatic carbocycles. The summed E-state index contributed by atoms with van der Waals surface area (Å²) in [5.74, 6) is -0.533. The van der Waals surface area contributed by atoms with Crippen molar-refractivity contribution in [1.29, 1.82) is 0 Å². The van der Waals surface area contributed by atoms with Crippen LogP contribution in [0.2, 0.25) is 0 Å². The third-order valence-electron chi connectivity index (χ3n) is 2.69. The van der Waals surface area contributed by atoms with E-state index >= 15 is 0 Å². The van der Waals surface area contributed by atoms with Crippen molar-refractivity contribution in [1.82, 2.24) is 0 Å². The molecular weight excluding hydrogens is 335 g/mol. The summed E-state index contributed by atoms with van der Waals surface area (Å²) in [7, 11) is -3.25. The van der Waals surface area contributed by atoms with Crippen LogP contribution in [0.1, 0.15) is 26.3 Å². The molecule has 0 N–H and O–H groups in total. The summed E-state index contributed by atoms with van der Waals surface area (Å²) in [4.78, 5) is 0. The van der Waals surface area contributed by atoms with Gasteiger partial charge in [-0.2, -0.15) is 0 Å². The Labute approximate surface area is 122 Å². The van der Waals surface area contributed by atoms with Gasteiger partial charge in [-0.3, -0.25) is 0 Å². The Morgan fingerprint density at radius 3 is 2.42 bits per heavy atom. The van der Waals surface area contributed by atoms with Gasteiger partial charge in [0, 0.05) is 5.33 Å². The Kier molecular flexibility index (Phi) is 5.38. The quantitative estimate of drug-likeness (QED) is 0.763. The van der Waals surface area contributed by atoms with E-state index in [4.69, 9.17) is 4.74 Å². The van der Waals surface area contributed by atoms with E-state index in [1.807, 2.05) is 0 Å².